The lowest BCUT2D eigenvalue weighted by Gasteiger charge is -2.23. The second-order valence-electron chi connectivity index (χ2n) is 6.97. The van der Waals surface area contributed by atoms with E-state index in [1.54, 1.807) is 0 Å². The van der Waals surface area contributed by atoms with Crippen molar-refractivity contribution in [1.82, 2.24) is 4.98 Å². The number of ketones is 1. The van der Waals surface area contributed by atoms with Gasteiger partial charge in [0.1, 0.15) is 5.15 Å². The molecule has 2 heterocycles. The Morgan fingerprint density at radius 1 is 1.10 bits per heavy atom. The van der Waals surface area contributed by atoms with Crippen molar-refractivity contribution in [3.05, 3.63) is 67.5 Å². The Morgan fingerprint density at radius 2 is 1.76 bits per heavy atom. The number of aromatic nitrogens is 1. The molecule has 0 saturated carbocycles. The number of carbonyl (C=O) groups is 2. The van der Waals surface area contributed by atoms with Gasteiger partial charge in [0.15, 0.2) is 18.1 Å². The fourth-order valence-corrected chi connectivity index (χ4v) is 4.09. The van der Waals surface area contributed by atoms with E-state index in [0.717, 1.165) is 16.9 Å². The molecule has 0 atom stereocenters. The van der Waals surface area contributed by atoms with Gasteiger partial charge < -0.3 is 9.64 Å². The van der Waals surface area contributed by atoms with Crippen LogP contribution in [-0.4, -0.2) is 30.4 Å². The standard InChI is InChI=1S/C20H16Cl4N2O3/c1-20(2)11-6-4-5-7-12(11)26(3)13(20)8-10(27)9-29-19(28)17-15(22)14(21)16(23)18(24)25-17/h4-8H,9H2,1-3H3/b13-8-. The topological polar surface area (TPSA) is 59.5 Å². The van der Waals surface area contributed by atoms with Gasteiger partial charge in [-0.15, -0.1) is 0 Å². The molecule has 1 aromatic heterocycles. The molecule has 0 radical (unpaired) electrons. The zero-order chi connectivity index (χ0) is 21.5. The molecule has 0 aliphatic carbocycles. The van der Waals surface area contributed by atoms with Gasteiger partial charge in [0.05, 0.1) is 15.1 Å². The van der Waals surface area contributed by atoms with Gasteiger partial charge in [-0.2, -0.15) is 0 Å². The average Bonchev–Trinajstić information content (AvgIpc) is 2.88. The Kier molecular flexibility index (Phi) is 6.16. The van der Waals surface area contributed by atoms with E-state index in [0.29, 0.717) is 0 Å². The fraction of sp³-hybridized carbons (Fsp3) is 0.250. The van der Waals surface area contributed by atoms with Crippen molar-refractivity contribution in [1.29, 1.82) is 0 Å². The van der Waals surface area contributed by atoms with Crippen molar-refractivity contribution >= 4 is 63.8 Å². The molecule has 0 fully saturated rings. The molecule has 0 amide bonds. The second kappa shape index (κ2) is 8.15. The maximum absolute atomic E-state index is 12.5. The van der Waals surface area contributed by atoms with Crippen LogP contribution >= 0.6 is 46.4 Å². The minimum atomic E-state index is -0.926. The highest BCUT2D eigenvalue weighted by Crippen LogP contribution is 2.46. The Bertz CT molecular complexity index is 1050. The molecule has 5 nitrogen and oxygen atoms in total. The summed E-state index contributed by atoms with van der Waals surface area (Å²) < 4.78 is 5.05. The van der Waals surface area contributed by atoms with Crippen molar-refractivity contribution in [3.63, 3.8) is 0 Å². The number of carbonyl (C=O) groups excluding carboxylic acids is 2. The summed E-state index contributed by atoms with van der Waals surface area (Å²) in [5, 5.41) is -0.555. The van der Waals surface area contributed by atoms with E-state index in [4.69, 9.17) is 51.1 Å². The summed E-state index contributed by atoms with van der Waals surface area (Å²) in [5.74, 6) is -1.31. The Balaban J connectivity index is 1.77. The summed E-state index contributed by atoms with van der Waals surface area (Å²) in [5.41, 5.74) is 2.26. The lowest BCUT2D eigenvalue weighted by atomic mass is 9.83. The van der Waals surface area contributed by atoms with Crippen molar-refractivity contribution in [2.45, 2.75) is 19.3 Å². The molecule has 0 N–H and O–H groups in total. The number of allylic oxidation sites excluding steroid dienone is 1. The highest BCUT2D eigenvalue weighted by atomic mass is 35.5. The smallest absolute Gasteiger partial charge is 0.359 e. The maximum atomic E-state index is 12.5. The van der Waals surface area contributed by atoms with Crippen LogP contribution in [0.2, 0.25) is 20.2 Å². The predicted octanol–water partition coefficient (Wildman–Crippen LogP) is 5.73. The van der Waals surface area contributed by atoms with Crippen LogP contribution in [0, 0.1) is 0 Å². The van der Waals surface area contributed by atoms with Crippen molar-refractivity contribution in [3.8, 4) is 0 Å². The monoisotopic (exact) mass is 472 g/mol. The van der Waals surface area contributed by atoms with Gasteiger partial charge in [0.2, 0.25) is 0 Å². The minimum absolute atomic E-state index is 0.0678. The summed E-state index contributed by atoms with van der Waals surface area (Å²) in [6, 6.07) is 7.92. The molecule has 9 heteroatoms. The number of esters is 1. The quantitative estimate of drug-likeness (QED) is 0.322. The van der Waals surface area contributed by atoms with Gasteiger partial charge in [-0.25, -0.2) is 9.78 Å². The van der Waals surface area contributed by atoms with Crippen LogP contribution in [-0.2, 0) is 14.9 Å². The first-order valence-corrected chi connectivity index (χ1v) is 10.0. The van der Waals surface area contributed by atoms with Crippen molar-refractivity contribution in [2.24, 2.45) is 0 Å². The van der Waals surface area contributed by atoms with Crippen LogP contribution in [0.3, 0.4) is 0 Å². The Hall–Kier alpha value is -1.79. The number of anilines is 1. The third-order valence-electron chi connectivity index (χ3n) is 4.76. The van der Waals surface area contributed by atoms with Gasteiger partial charge in [0.25, 0.3) is 0 Å². The van der Waals surface area contributed by atoms with Crippen LogP contribution in [0.4, 0.5) is 5.69 Å². The van der Waals surface area contributed by atoms with E-state index in [1.165, 1.54) is 6.08 Å². The van der Waals surface area contributed by atoms with Crippen molar-refractivity contribution < 1.29 is 14.3 Å². The number of likely N-dealkylation sites (N-methyl/N-ethyl adjacent to an activating group) is 1. The van der Waals surface area contributed by atoms with Crippen LogP contribution < -0.4 is 4.90 Å². The number of halogens is 4. The summed E-state index contributed by atoms with van der Waals surface area (Å²) in [4.78, 5) is 30.5. The SMILES string of the molecule is CN1/C(=C\C(=O)COC(=O)c2nc(Cl)c(Cl)c(Cl)c2Cl)C(C)(C)c2ccccc21. The summed E-state index contributed by atoms with van der Waals surface area (Å²) in [6.07, 6.45) is 1.48. The molecule has 29 heavy (non-hydrogen) atoms. The molecule has 0 spiro atoms. The number of pyridine rings is 1. The summed E-state index contributed by atoms with van der Waals surface area (Å²) in [6.45, 7) is 3.57. The third-order valence-corrected chi connectivity index (χ3v) is 6.44. The highest BCUT2D eigenvalue weighted by molar-refractivity contribution is 6.52. The molecule has 1 aromatic carbocycles. The molecule has 2 aromatic rings. The first-order valence-electron chi connectivity index (χ1n) is 8.51. The van der Waals surface area contributed by atoms with Crippen LogP contribution in [0.5, 0.6) is 0 Å². The molecule has 3 rings (SSSR count). The lowest BCUT2D eigenvalue weighted by Crippen LogP contribution is -2.25. The third kappa shape index (κ3) is 3.97. The molecular weight excluding hydrogens is 458 g/mol. The van der Waals surface area contributed by atoms with E-state index in [-0.39, 0.29) is 37.1 Å². The molecular formula is C20H16Cl4N2O3. The lowest BCUT2D eigenvalue weighted by molar-refractivity contribution is -0.117. The average molecular weight is 474 g/mol. The molecule has 0 saturated heterocycles. The van der Waals surface area contributed by atoms with E-state index in [1.807, 2.05) is 50.1 Å². The zero-order valence-corrected chi connectivity index (χ0v) is 18.7. The number of benzene rings is 1. The Labute approximate surface area is 188 Å². The number of hydrogen-bond donors (Lipinski definition) is 0. The van der Waals surface area contributed by atoms with Gasteiger partial charge in [-0.3, -0.25) is 4.79 Å². The number of para-hydroxylation sites is 1. The van der Waals surface area contributed by atoms with Gasteiger partial charge in [-0.05, 0) is 11.6 Å². The van der Waals surface area contributed by atoms with Crippen LogP contribution in [0.15, 0.2) is 36.0 Å². The van der Waals surface area contributed by atoms with E-state index in [9.17, 15) is 9.59 Å². The van der Waals surface area contributed by atoms with E-state index < -0.39 is 12.6 Å². The number of rotatable bonds is 4. The molecule has 1 aliphatic heterocycles. The largest absolute Gasteiger partial charge is 0.453 e. The molecule has 0 bridgehead atoms. The maximum Gasteiger partial charge on any atom is 0.359 e. The summed E-state index contributed by atoms with van der Waals surface area (Å²) in [7, 11) is 1.89. The number of fused-ring (bicyclic) bond motifs is 1. The predicted molar refractivity (Wildman–Crippen MR) is 116 cm³/mol. The second-order valence-corrected chi connectivity index (χ2v) is 8.46. The number of hydrogen-bond acceptors (Lipinski definition) is 5. The normalized spacial score (nSPS) is 16.1. The van der Waals surface area contributed by atoms with Crippen LogP contribution in [0.25, 0.3) is 0 Å². The molecule has 152 valence electrons. The minimum Gasteiger partial charge on any atom is -0.453 e. The van der Waals surface area contributed by atoms with Gasteiger partial charge in [0, 0.05) is 29.9 Å². The van der Waals surface area contributed by atoms with Gasteiger partial charge >= 0.3 is 5.97 Å². The van der Waals surface area contributed by atoms with E-state index >= 15 is 0 Å². The summed E-state index contributed by atoms with van der Waals surface area (Å²) >= 11 is 23.6. The van der Waals surface area contributed by atoms with Crippen LogP contribution in [0.1, 0.15) is 29.9 Å². The number of nitrogens with zero attached hydrogens (tertiary/aromatic N) is 2. The van der Waals surface area contributed by atoms with Crippen molar-refractivity contribution in [2.75, 3.05) is 18.6 Å². The number of ether oxygens (including phenoxy) is 1. The first-order chi connectivity index (χ1) is 13.6. The van der Waals surface area contributed by atoms with Gasteiger partial charge in [-0.1, -0.05) is 78.5 Å². The fourth-order valence-electron chi connectivity index (χ4n) is 3.28. The first kappa shape index (κ1) is 21.9. The zero-order valence-electron chi connectivity index (χ0n) is 15.7. The molecule has 1 aliphatic rings. The highest BCUT2D eigenvalue weighted by Gasteiger charge is 2.38. The Morgan fingerprint density at radius 3 is 2.41 bits per heavy atom. The van der Waals surface area contributed by atoms with E-state index in [2.05, 4.69) is 4.98 Å². The molecule has 0 unspecified atom stereocenters.